The van der Waals surface area contributed by atoms with Gasteiger partial charge < -0.3 is 9.80 Å². The zero-order valence-corrected chi connectivity index (χ0v) is 13.2. The maximum absolute atomic E-state index is 13.3. The van der Waals surface area contributed by atoms with Gasteiger partial charge in [-0.3, -0.25) is 19.6 Å². The first-order chi connectivity index (χ1) is 11.5. The van der Waals surface area contributed by atoms with Gasteiger partial charge in [-0.25, -0.2) is 4.39 Å². The van der Waals surface area contributed by atoms with E-state index in [0.717, 1.165) is 0 Å². The number of carbonyl (C=O) groups is 2. The number of halogens is 1. The quantitative estimate of drug-likeness (QED) is 0.855. The number of hydrogen-bond donors (Lipinski definition) is 0. The zero-order chi connectivity index (χ0) is 17.1. The number of rotatable bonds is 4. The third-order valence-corrected chi connectivity index (χ3v) is 3.99. The molecule has 0 unspecified atom stereocenters. The van der Waals surface area contributed by atoms with E-state index in [-0.39, 0.29) is 24.8 Å². The van der Waals surface area contributed by atoms with Gasteiger partial charge in [0.2, 0.25) is 11.8 Å². The molecular weight excluding hydrogens is 311 g/mol. The number of carbonyl (C=O) groups excluding carboxylic acids is 2. The van der Waals surface area contributed by atoms with E-state index in [0.29, 0.717) is 17.9 Å². The van der Waals surface area contributed by atoms with E-state index in [9.17, 15) is 14.0 Å². The average Bonchev–Trinajstić information content (AvgIpc) is 2.97. The lowest BCUT2D eigenvalue weighted by atomic mass is 10.1. The van der Waals surface area contributed by atoms with Crippen molar-refractivity contribution in [3.8, 4) is 0 Å². The highest BCUT2D eigenvalue weighted by Gasteiger charge is 2.36. The Hall–Kier alpha value is -2.83. The van der Waals surface area contributed by atoms with Crippen LogP contribution in [0.1, 0.15) is 12.1 Å². The van der Waals surface area contributed by atoms with Gasteiger partial charge in [-0.1, -0.05) is 6.07 Å². The van der Waals surface area contributed by atoms with Crippen LogP contribution in [0.25, 0.3) is 0 Å². The molecule has 0 saturated carbocycles. The van der Waals surface area contributed by atoms with Gasteiger partial charge in [0, 0.05) is 38.1 Å². The van der Waals surface area contributed by atoms with E-state index in [1.807, 2.05) is 0 Å². The van der Waals surface area contributed by atoms with Crippen LogP contribution in [0.4, 0.5) is 10.1 Å². The molecule has 0 radical (unpaired) electrons. The second kappa shape index (κ2) is 6.74. The van der Waals surface area contributed by atoms with Crippen molar-refractivity contribution in [2.75, 3.05) is 18.5 Å². The summed E-state index contributed by atoms with van der Waals surface area (Å²) in [6.45, 7) is 0.587. The molecule has 1 atom stereocenters. The van der Waals surface area contributed by atoms with E-state index in [1.54, 1.807) is 37.8 Å². The Balaban J connectivity index is 1.67. The van der Waals surface area contributed by atoms with Crippen molar-refractivity contribution < 1.29 is 14.0 Å². The molecule has 124 valence electrons. The maximum atomic E-state index is 13.3. The maximum Gasteiger partial charge on any atom is 0.228 e. The van der Waals surface area contributed by atoms with Crippen LogP contribution >= 0.6 is 0 Å². The van der Waals surface area contributed by atoms with Crippen molar-refractivity contribution in [3.63, 3.8) is 0 Å². The predicted octanol–water partition coefficient (Wildman–Crippen LogP) is 1.63. The third kappa shape index (κ3) is 3.40. The molecule has 2 amide bonds. The molecule has 1 fully saturated rings. The second-order valence-corrected chi connectivity index (χ2v) is 5.78. The molecule has 1 saturated heterocycles. The third-order valence-electron chi connectivity index (χ3n) is 3.99. The molecule has 1 aromatic carbocycles. The summed E-state index contributed by atoms with van der Waals surface area (Å²) in [5.74, 6) is -1.16. The fourth-order valence-electron chi connectivity index (χ4n) is 2.81. The molecule has 1 aliphatic heterocycles. The lowest BCUT2D eigenvalue weighted by Crippen LogP contribution is -2.34. The minimum Gasteiger partial charge on any atom is -0.339 e. The van der Waals surface area contributed by atoms with Crippen molar-refractivity contribution >= 4 is 17.5 Å². The molecular formula is C17H17FN4O2. The molecule has 3 rings (SSSR count). The highest BCUT2D eigenvalue weighted by Crippen LogP contribution is 2.26. The van der Waals surface area contributed by atoms with Crippen LogP contribution in [0.2, 0.25) is 0 Å². The van der Waals surface area contributed by atoms with Gasteiger partial charge >= 0.3 is 0 Å². The number of anilines is 1. The van der Waals surface area contributed by atoms with Gasteiger partial charge in [-0.05, 0) is 18.2 Å². The molecule has 0 spiro atoms. The van der Waals surface area contributed by atoms with E-state index >= 15 is 0 Å². The first-order valence-corrected chi connectivity index (χ1v) is 7.60. The Morgan fingerprint density at radius 1 is 1.42 bits per heavy atom. The van der Waals surface area contributed by atoms with E-state index in [2.05, 4.69) is 9.97 Å². The number of nitrogens with zero attached hydrogens (tertiary/aromatic N) is 4. The Bertz CT molecular complexity index is 753. The zero-order valence-electron chi connectivity index (χ0n) is 13.2. The van der Waals surface area contributed by atoms with Gasteiger partial charge in [0.15, 0.2) is 0 Å². The predicted molar refractivity (Wildman–Crippen MR) is 85.4 cm³/mol. The SMILES string of the molecule is CN(Cc1cnccn1)C(=O)[C@@H]1CC(=O)N(c2cccc(F)c2)C1. The summed E-state index contributed by atoms with van der Waals surface area (Å²) in [5, 5.41) is 0. The fraction of sp³-hybridized carbons (Fsp3) is 0.294. The monoisotopic (exact) mass is 328 g/mol. The highest BCUT2D eigenvalue weighted by molar-refractivity contribution is 6.00. The summed E-state index contributed by atoms with van der Waals surface area (Å²) in [6.07, 6.45) is 4.86. The molecule has 0 bridgehead atoms. The Kier molecular flexibility index (Phi) is 4.50. The molecule has 1 aromatic heterocycles. The van der Waals surface area contributed by atoms with Crippen molar-refractivity contribution in [3.05, 3.63) is 54.4 Å². The minimum atomic E-state index is -0.442. The smallest absolute Gasteiger partial charge is 0.228 e. The van der Waals surface area contributed by atoms with Crippen LogP contribution in [0, 0.1) is 11.7 Å². The van der Waals surface area contributed by atoms with Gasteiger partial charge in [0.05, 0.1) is 24.4 Å². The Morgan fingerprint density at radius 3 is 2.96 bits per heavy atom. The fourth-order valence-corrected chi connectivity index (χ4v) is 2.81. The number of benzene rings is 1. The van der Waals surface area contributed by atoms with Gasteiger partial charge in [-0.2, -0.15) is 0 Å². The molecule has 0 aliphatic carbocycles. The molecule has 24 heavy (non-hydrogen) atoms. The van der Waals surface area contributed by atoms with Crippen molar-refractivity contribution in [1.82, 2.24) is 14.9 Å². The van der Waals surface area contributed by atoms with Crippen LogP contribution in [0.3, 0.4) is 0 Å². The highest BCUT2D eigenvalue weighted by atomic mass is 19.1. The summed E-state index contributed by atoms with van der Waals surface area (Å²) >= 11 is 0. The van der Waals surface area contributed by atoms with E-state index < -0.39 is 11.7 Å². The molecule has 2 heterocycles. The topological polar surface area (TPSA) is 66.4 Å². The number of hydrogen-bond acceptors (Lipinski definition) is 4. The molecule has 7 heteroatoms. The molecule has 2 aromatic rings. The second-order valence-electron chi connectivity index (χ2n) is 5.78. The first-order valence-electron chi connectivity index (χ1n) is 7.60. The van der Waals surface area contributed by atoms with Gasteiger partial charge in [0.1, 0.15) is 5.82 Å². The standard InChI is InChI=1S/C17H17FN4O2/c1-21(11-14-9-19-5-6-20-14)17(24)12-7-16(23)22(10-12)15-4-2-3-13(18)8-15/h2-6,8-9,12H,7,10-11H2,1H3/t12-/m1/s1. The van der Waals surface area contributed by atoms with Crippen LogP contribution in [-0.2, 0) is 16.1 Å². The summed E-state index contributed by atoms with van der Waals surface area (Å²) < 4.78 is 13.3. The summed E-state index contributed by atoms with van der Waals surface area (Å²) in [4.78, 5) is 35.9. The van der Waals surface area contributed by atoms with Crippen LogP contribution in [0.15, 0.2) is 42.9 Å². The first kappa shape index (κ1) is 16.0. The molecule has 0 N–H and O–H groups in total. The van der Waals surface area contributed by atoms with Gasteiger partial charge in [-0.15, -0.1) is 0 Å². The Labute approximate surface area is 138 Å². The molecule has 6 nitrogen and oxygen atoms in total. The van der Waals surface area contributed by atoms with E-state index in [1.165, 1.54) is 21.9 Å². The minimum absolute atomic E-state index is 0.125. The van der Waals surface area contributed by atoms with Crippen LogP contribution < -0.4 is 4.90 Å². The summed E-state index contributed by atoms with van der Waals surface area (Å²) in [6, 6.07) is 5.83. The Morgan fingerprint density at radius 2 is 2.25 bits per heavy atom. The van der Waals surface area contributed by atoms with E-state index in [4.69, 9.17) is 0 Å². The number of aromatic nitrogens is 2. The molecule has 1 aliphatic rings. The van der Waals surface area contributed by atoms with Crippen molar-refractivity contribution in [2.45, 2.75) is 13.0 Å². The summed E-state index contributed by atoms with van der Waals surface area (Å²) in [7, 11) is 1.67. The lowest BCUT2D eigenvalue weighted by molar-refractivity contribution is -0.135. The van der Waals surface area contributed by atoms with Crippen molar-refractivity contribution in [1.29, 1.82) is 0 Å². The normalized spacial score (nSPS) is 17.2. The number of amides is 2. The summed E-state index contributed by atoms with van der Waals surface area (Å²) in [5.41, 5.74) is 1.16. The average molecular weight is 328 g/mol. The van der Waals surface area contributed by atoms with Crippen LogP contribution in [0.5, 0.6) is 0 Å². The largest absolute Gasteiger partial charge is 0.339 e. The lowest BCUT2D eigenvalue weighted by Gasteiger charge is -2.21. The van der Waals surface area contributed by atoms with Crippen LogP contribution in [-0.4, -0.2) is 40.3 Å². The van der Waals surface area contributed by atoms with Gasteiger partial charge in [0.25, 0.3) is 0 Å². The van der Waals surface area contributed by atoms with Crippen molar-refractivity contribution in [2.24, 2.45) is 5.92 Å².